The number of benzene rings is 1. The Balaban J connectivity index is 2.04. The summed E-state index contributed by atoms with van der Waals surface area (Å²) in [5.74, 6) is -1.03. The van der Waals surface area contributed by atoms with Crippen LogP contribution in [0, 0.1) is 0 Å². The maximum atomic E-state index is 12.2. The predicted octanol–water partition coefficient (Wildman–Crippen LogP) is 1.68. The lowest BCUT2D eigenvalue weighted by Gasteiger charge is -2.07. The second kappa shape index (κ2) is 6.93. The van der Waals surface area contributed by atoms with Crippen molar-refractivity contribution in [3.63, 3.8) is 0 Å². The smallest absolute Gasteiger partial charge is 0.335 e. The number of hydrogen-bond donors (Lipinski definition) is 2. The molecule has 0 unspecified atom stereocenters. The van der Waals surface area contributed by atoms with Gasteiger partial charge in [-0.25, -0.2) is 17.9 Å². The quantitative estimate of drug-likeness (QED) is 0.800. The Bertz CT molecular complexity index is 797. The summed E-state index contributed by atoms with van der Waals surface area (Å²) in [7, 11) is -3.66. The van der Waals surface area contributed by atoms with E-state index in [0.29, 0.717) is 12.0 Å². The Morgan fingerprint density at radius 3 is 2.65 bits per heavy atom. The molecule has 7 nitrogen and oxygen atoms in total. The summed E-state index contributed by atoms with van der Waals surface area (Å²) in [4.78, 5) is 11.2. The molecule has 0 radical (unpaired) electrons. The van der Waals surface area contributed by atoms with Crippen LogP contribution in [0.4, 0.5) is 0 Å². The molecule has 0 amide bonds. The average Bonchev–Trinajstić information content (AvgIpc) is 2.98. The Morgan fingerprint density at radius 1 is 1.35 bits per heavy atom. The zero-order valence-electron chi connectivity index (χ0n) is 12.9. The number of nitrogens with zero attached hydrogens (tertiary/aromatic N) is 2. The van der Waals surface area contributed by atoms with Crippen LogP contribution in [0.15, 0.2) is 41.6 Å². The summed E-state index contributed by atoms with van der Waals surface area (Å²) >= 11 is 0. The zero-order valence-corrected chi connectivity index (χ0v) is 13.7. The summed E-state index contributed by atoms with van der Waals surface area (Å²) in [6.07, 6.45) is 3.06. The summed E-state index contributed by atoms with van der Waals surface area (Å²) in [6.45, 7) is 3.92. The minimum atomic E-state index is -3.66. The fourth-order valence-corrected chi connectivity index (χ4v) is 3.06. The lowest BCUT2D eigenvalue weighted by molar-refractivity contribution is 0.0695. The van der Waals surface area contributed by atoms with Crippen molar-refractivity contribution in [2.45, 2.75) is 31.2 Å². The fourth-order valence-electron chi connectivity index (χ4n) is 2.09. The lowest BCUT2D eigenvalue weighted by atomic mass is 10.1. The van der Waals surface area contributed by atoms with Crippen LogP contribution in [0.2, 0.25) is 0 Å². The van der Waals surface area contributed by atoms with Gasteiger partial charge in [-0.1, -0.05) is 18.2 Å². The van der Waals surface area contributed by atoms with Gasteiger partial charge in [-0.2, -0.15) is 5.10 Å². The summed E-state index contributed by atoms with van der Waals surface area (Å²) in [6, 6.07) is 6.61. The molecule has 0 aliphatic heterocycles. The third-order valence-electron chi connectivity index (χ3n) is 3.35. The number of carbonyl (C=O) groups is 1. The number of sulfonamides is 1. The van der Waals surface area contributed by atoms with E-state index in [4.69, 9.17) is 5.11 Å². The summed E-state index contributed by atoms with van der Waals surface area (Å²) in [5, 5.41) is 13.1. The van der Waals surface area contributed by atoms with E-state index in [1.165, 1.54) is 18.5 Å². The molecule has 2 aromatic rings. The summed E-state index contributed by atoms with van der Waals surface area (Å²) in [5.41, 5.74) is 0.764. The van der Waals surface area contributed by atoms with Crippen molar-refractivity contribution in [2.75, 3.05) is 6.54 Å². The van der Waals surface area contributed by atoms with Gasteiger partial charge in [-0.05, 0) is 31.9 Å². The third-order valence-corrected chi connectivity index (χ3v) is 4.77. The molecular formula is C15H19N3O4S. The van der Waals surface area contributed by atoms with E-state index in [-0.39, 0.29) is 23.0 Å². The predicted molar refractivity (Wildman–Crippen MR) is 84.9 cm³/mol. The molecule has 0 aliphatic carbocycles. The molecule has 2 rings (SSSR count). The number of aromatic carboxylic acids is 1. The standard InChI is InChI=1S/C15H19N3O4S/c1-11(2)18-10-13(9-16-18)23(21,22)17-8-7-12-5-3-4-6-14(12)15(19)20/h3-6,9-11,17H,7-8H2,1-2H3,(H,19,20). The number of hydrogen-bond acceptors (Lipinski definition) is 4. The van der Waals surface area contributed by atoms with Crippen LogP contribution in [0.3, 0.4) is 0 Å². The largest absolute Gasteiger partial charge is 0.478 e. The van der Waals surface area contributed by atoms with Gasteiger partial charge in [0, 0.05) is 18.8 Å². The maximum absolute atomic E-state index is 12.2. The molecule has 1 aromatic heterocycles. The molecule has 0 bridgehead atoms. The molecule has 8 heteroatoms. The first-order valence-electron chi connectivity index (χ1n) is 7.16. The molecule has 1 aromatic carbocycles. The van der Waals surface area contributed by atoms with Crippen molar-refractivity contribution in [3.05, 3.63) is 47.8 Å². The fraction of sp³-hybridized carbons (Fsp3) is 0.333. The van der Waals surface area contributed by atoms with Crippen LogP contribution in [0.5, 0.6) is 0 Å². The van der Waals surface area contributed by atoms with Gasteiger partial charge < -0.3 is 5.11 Å². The third kappa shape index (κ3) is 4.17. The summed E-state index contributed by atoms with van der Waals surface area (Å²) < 4.78 is 28.4. The second-order valence-electron chi connectivity index (χ2n) is 5.36. The molecule has 1 heterocycles. The Hall–Kier alpha value is -2.19. The highest BCUT2D eigenvalue weighted by atomic mass is 32.2. The molecule has 23 heavy (non-hydrogen) atoms. The normalized spacial score (nSPS) is 11.8. The van der Waals surface area contributed by atoms with Crippen LogP contribution in [0.25, 0.3) is 0 Å². The number of carboxylic acids is 1. The minimum absolute atomic E-state index is 0.0707. The van der Waals surface area contributed by atoms with E-state index in [9.17, 15) is 13.2 Å². The first kappa shape index (κ1) is 17.2. The topological polar surface area (TPSA) is 101 Å². The SMILES string of the molecule is CC(C)n1cc(S(=O)(=O)NCCc2ccccc2C(=O)O)cn1. The molecule has 2 N–H and O–H groups in total. The van der Waals surface area contributed by atoms with E-state index in [0.717, 1.165) is 0 Å². The number of carboxylic acid groups (broad SMARTS) is 1. The number of rotatable bonds is 7. The van der Waals surface area contributed by atoms with Gasteiger partial charge in [0.2, 0.25) is 10.0 Å². The maximum Gasteiger partial charge on any atom is 0.335 e. The van der Waals surface area contributed by atoms with Gasteiger partial charge >= 0.3 is 5.97 Å². The highest BCUT2D eigenvalue weighted by molar-refractivity contribution is 7.89. The first-order chi connectivity index (χ1) is 10.8. The Labute approximate surface area is 135 Å². The minimum Gasteiger partial charge on any atom is -0.478 e. The molecule has 0 aliphatic rings. The monoisotopic (exact) mass is 337 g/mol. The van der Waals surface area contributed by atoms with E-state index in [1.807, 2.05) is 13.8 Å². The lowest BCUT2D eigenvalue weighted by Crippen LogP contribution is -2.26. The van der Waals surface area contributed by atoms with Gasteiger partial charge in [-0.3, -0.25) is 4.68 Å². The molecule has 0 saturated heterocycles. The molecule has 0 atom stereocenters. The molecular weight excluding hydrogens is 318 g/mol. The average molecular weight is 337 g/mol. The van der Waals surface area contributed by atoms with Gasteiger partial charge in [0.15, 0.2) is 0 Å². The van der Waals surface area contributed by atoms with Crippen molar-refractivity contribution in [1.29, 1.82) is 0 Å². The number of aromatic nitrogens is 2. The van der Waals surface area contributed by atoms with Crippen molar-refractivity contribution in [1.82, 2.24) is 14.5 Å². The highest BCUT2D eigenvalue weighted by Gasteiger charge is 2.17. The van der Waals surface area contributed by atoms with E-state index >= 15 is 0 Å². The van der Waals surface area contributed by atoms with Crippen molar-refractivity contribution in [2.24, 2.45) is 0 Å². The van der Waals surface area contributed by atoms with Crippen LogP contribution in [-0.4, -0.2) is 35.8 Å². The zero-order chi connectivity index (χ0) is 17.0. The van der Waals surface area contributed by atoms with E-state index in [1.54, 1.807) is 22.9 Å². The number of nitrogens with one attached hydrogen (secondary N) is 1. The van der Waals surface area contributed by atoms with E-state index < -0.39 is 16.0 Å². The second-order valence-corrected chi connectivity index (χ2v) is 7.13. The van der Waals surface area contributed by atoms with Gasteiger partial charge in [0.05, 0.1) is 11.8 Å². The molecule has 0 fully saturated rings. The van der Waals surface area contributed by atoms with Crippen LogP contribution in [0.1, 0.15) is 35.8 Å². The molecule has 0 spiro atoms. The Kier molecular flexibility index (Phi) is 5.17. The van der Waals surface area contributed by atoms with Crippen LogP contribution >= 0.6 is 0 Å². The van der Waals surface area contributed by atoms with E-state index in [2.05, 4.69) is 9.82 Å². The van der Waals surface area contributed by atoms with Gasteiger partial charge in [0.1, 0.15) is 4.90 Å². The van der Waals surface area contributed by atoms with Crippen molar-refractivity contribution >= 4 is 16.0 Å². The highest BCUT2D eigenvalue weighted by Crippen LogP contribution is 2.12. The van der Waals surface area contributed by atoms with Crippen LogP contribution in [-0.2, 0) is 16.4 Å². The Morgan fingerprint density at radius 2 is 2.04 bits per heavy atom. The van der Waals surface area contributed by atoms with Crippen molar-refractivity contribution < 1.29 is 18.3 Å². The van der Waals surface area contributed by atoms with Gasteiger partial charge in [0.25, 0.3) is 0 Å². The first-order valence-corrected chi connectivity index (χ1v) is 8.64. The molecule has 0 saturated carbocycles. The van der Waals surface area contributed by atoms with Crippen molar-refractivity contribution in [3.8, 4) is 0 Å². The van der Waals surface area contributed by atoms with Gasteiger partial charge in [-0.15, -0.1) is 0 Å². The van der Waals surface area contributed by atoms with Crippen LogP contribution < -0.4 is 4.72 Å². The molecule has 124 valence electrons.